The van der Waals surface area contributed by atoms with Gasteiger partial charge >= 0.3 is 12.4 Å². The molecular weight excluding hydrogens is 521 g/mol. The standard InChI is InChI=1S/C26H27F7N2O3/c1-15(18-10-19(25(28,29)30)12-20(11-18)26(31,32)33)38-24-23(16-2-4-21(27)5-3-16)17(6-9-37-24)13-35-8-7-34-22(36)14-35/h2-5,10-12,15,17,23-24H,6-9,13-14H2,1H3,(H,34,36)/t15-,17+,23+,24-/m1/s1. The highest BCUT2D eigenvalue weighted by Gasteiger charge is 2.40. The number of nitrogens with zero attached hydrogens (tertiary/aromatic N) is 1. The lowest BCUT2D eigenvalue weighted by molar-refractivity contribution is -0.210. The van der Waals surface area contributed by atoms with Crippen molar-refractivity contribution in [3.8, 4) is 0 Å². The molecule has 2 aliphatic heterocycles. The van der Waals surface area contributed by atoms with Crippen molar-refractivity contribution in [1.82, 2.24) is 10.2 Å². The topological polar surface area (TPSA) is 50.8 Å². The van der Waals surface area contributed by atoms with E-state index < -0.39 is 47.6 Å². The van der Waals surface area contributed by atoms with Gasteiger partial charge < -0.3 is 14.8 Å². The van der Waals surface area contributed by atoms with Crippen molar-refractivity contribution in [3.63, 3.8) is 0 Å². The summed E-state index contributed by atoms with van der Waals surface area (Å²) in [4.78, 5) is 13.8. The summed E-state index contributed by atoms with van der Waals surface area (Å²) in [6.07, 6.45) is -11.6. The first kappa shape index (κ1) is 28.3. The Kier molecular flexibility index (Phi) is 8.34. The van der Waals surface area contributed by atoms with Crippen LogP contribution in [0, 0.1) is 11.7 Å². The normalized spacial score (nSPS) is 24.2. The number of benzene rings is 2. The van der Waals surface area contributed by atoms with Crippen molar-refractivity contribution in [3.05, 3.63) is 70.5 Å². The summed E-state index contributed by atoms with van der Waals surface area (Å²) in [6, 6.07) is 6.98. The first-order valence-electron chi connectivity index (χ1n) is 12.1. The number of carbonyl (C=O) groups is 1. The van der Waals surface area contributed by atoms with Gasteiger partial charge in [0.15, 0.2) is 6.29 Å². The third-order valence-corrected chi connectivity index (χ3v) is 6.85. The Hall–Kier alpha value is -2.70. The van der Waals surface area contributed by atoms with E-state index in [0.29, 0.717) is 43.8 Å². The number of amides is 1. The molecule has 1 N–H and O–H groups in total. The number of halogens is 7. The van der Waals surface area contributed by atoms with Gasteiger partial charge in [-0.05, 0) is 60.7 Å². The van der Waals surface area contributed by atoms with Crippen molar-refractivity contribution in [1.29, 1.82) is 0 Å². The number of hydrogen-bond donors (Lipinski definition) is 1. The van der Waals surface area contributed by atoms with Gasteiger partial charge in [0.1, 0.15) is 5.82 Å². The van der Waals surface area contributed by atoms with E-state index in [4.69, 9.17) is 9.47 Å². The number of rotatable bonds is 6. The van der Waals surface area contributed by atoms with Crippen LogP contribution in [0.1, 0.15) is 47.6 Å². The smallest absolute Gasteiger partial charge is 0.354 e. The Morgan fingerprint density at radius 2 is 1.68 bits per heavy atom. The first-order valence-corrected chi connectivity index (χ1v) is 12.1. The van der Waals surface area contributed by atoms with E-state index >= 15 is 0 Å². The Labute approximate surface area is 214 Å². The van der Waals surface area contributed by atoms with Gasteiger partial charge in [-0.3, -0.25) is 9.69 Å². The van der Waals surface area contributed by atoms with Gasteiger partial charge in [0.25, 0.3) is 0 Å². The summed E-state index contributed by atoms with van der Waals surface area (Å²) in [5.74, 6) is -1.23. The van der Waals surface area contributed by atoms with Crippen LogP contribution in [0.4, 0.5) is 30.7 Å². The average molecular weight is 548 g/mol. The molecule has 1 amide bonds. The molecule has 0 saturated carbocycles. The van der Waals surface area contributed by atoms with E-state index in [1.165, 1.54) is 19.1 Å². The minimum absolute atomic E-state index is 0.0689. The maximum absolute atomic E-state index is 13.7. The van der Waals surface area contributed by atoms with Crippen LogP contribution in [0.15, 0.2) is 42.5 Å². The largest absolute Gasteiger partial charge is 0.416 e. The molecule has 0 bridgehead atoms. The van der Waals surface area contributed by atoms with Gasteiger partial charge in [0.05, 0.1) is 30.4 Å². The Balaban J connectivity index is 1.63. The maximum Gasteiger partial charge on any atom is 0.416 e. The van der Waals surface area contributed by atoms with Crippen LogP contribution in [0.3, 0.4) is 0 Å². The minimum atomic E-state index is -4.99. The lowest BCUT2D eigenvalue weighted by atomic mass is 9.81. The van der Waals surface area contributed by atoms with Gasteiger partial charge in [-0.1, -0.05) is 12.1 Å². The minimum Gasteiger partial charge on any atom is -0.354 e. The highest BCUT2D eigenvalue weighted by molar-refractivity contribution is 5.78. The molecule has 0 aromatic heterocycles. The molecule has 2 aromatic carbocycles. The molecule has 0 radical (unpaired) electrons. The highest BCUT2D eigenvalue weighted by atomic mass is 19.4. The van der Waals surface area contributed by atoms with Crippen molar-refractivity contribution in [2.24, 2.45) is 5.92 Å². The summed E-state index contributed by atoms with van der Waals surface area (Å²) >= 11 is 0. The predicted molar refractivity (Wildman–Crippen MR) is 122 cm³/mol. The monoisotopic (exact) mass is 548 g/mol. The average Bonchev–Trinajstić information content (AvgIpc) is 2.84. The van der Waals surface area contributed by atoms with Crippen molar-refractivity contribution in [2.75, 3.05) is 32.8 Å². The molecule has 0 spiro atoms. The number of hydrogen-bond acceptors (Lipinski definition) is 4. The predicted octanol–water partition coefficient (Wildman–Crippen LogP) is 5.52. The van der Waals surface area contributed by atoms with Gasteiger partial charge in [0.2, 0.25) is 5.91 Å². The van der Waals surface area contributed by atoms with Gasteiger partial charge in [-0.2, -0.15) is 26.3 Å². The summed E-state index contributed by atoms with van der Waals surface area (Å²) in [6.45, 7) is 3.37. The van der Waals surface area contributed by atoms with E-state index in [0.717, 1.165) is 0 Å². The molecule has 38 heavy (non-hydrogen) atoms. The van der Waals surface area contributed by atoms with Crippen LogP contribution in [0.25, 0.3) is 0 Å². The second-order valence-electron chi connectivity index (χ2n) is 9.57. The molecule has 208 valence electrons. The second kappa shape index (κ2) is 11.2. The van der Waals surface area contributed by atoms with Crippen LogP contribution < -0.4 is 5.32 Å². The molecule has 2 saturated heterocycles. The number of carbonyl (C=O) groups excluding carboxylic acids is 1. The van der Waals surface area contributed by atoms with Crippen LogP contribution in [-0.2, 0) is 26.6 Å². The second-order valence-corrected chi connectivity index (χ2v) is 9.57. The van der Waals surface area contributed by atoms with Gasteiger partial charge in [-0.15, -0.1) is 0 Å². The summed E-state index contributed by atoms with van der Waals surface area (Å²) in [7, 11) is 0. The van der Waals surface area contributed by atoms with Crippen LogP contribution in [-0.4, -0.2) is 49.9 Å². The summed E-state index contributed by atoms with van der Waals surface area (Å²) < 4.78 is 106. The SMILES string of the molecule is C[C@@H](O[C@H]1OCC[C@@H](CN2CCNC(=O)C2)[C@@H]1c1ccc(F)cc1)c1cc(C(F)(F)F)cc(C(F)(F)F)c1. The third kappa shape index (κ3) is 6.83. The Morgan fingerprint density at radius 1 is 1.05 bits per heavy atom. The van der Waals surface area contributed by atoms with Crippen molar-refractivity contribution < 1.29 is 45.0 Å². The highest BCUT2D eigenvalue weighted by Crippen LogP contribution is 2.41. The number of ether oxygens (including phenoxy) is 2. The molecule has 12 heteroatoms. The fourth-order valence-corrected chi connectivity index (χ4v) is 4.96. The zero-order valence-corrected chi connectivity index (χ0v) is 20.4. The van der Waals surface area contributed by atoms with Crippen LogP contribution in [0.2, 0.25) is 0 Å². The van der Waals surface area contributed by atoms with Crippen molar-refractivity contribution >= 4 is 5.91 Å². The van der Waals surface area contributed by atoms with E-state index in [-0.39, 0.29) is 36.6 Å². The van der Waals surface area contributed by atoms with Gasteiger partial charge in [-0.25, -0.2) is 4.39 Å². The molecule has 0 unspecified atom stereocenters. The molecule has 0 aliphatic carbocycles. The molecular formula is C26H27F7N2O3. The maximum atomic E-state index is 13.7. The zero-order chi connectivity index (χ0) is 27.7. The van der Waals surface area contributed by atoms with Crippen molar-refractivity contribution in [2.45, 2.75) is 44.0 Å². The van der Waals surface area contributed by atoms with E-state index in [1.54, 1.807) is 12.1 Å². The number of nitrogens with one attached hydrogen (secondary N) is 1. The Bertz CT molecular complexity index is 1090. The Morgan fingerprint density at radius 3 is 2.26 bits per heavy atom. The van der Waals surface area contributed by atoms with Crippen LogP contribution in [0.5, 0.6) is 0 Å². The van der Waals surface area contributed by atoms with Gasteiger partial charge in [0, 0.05) is 25.6 Å². The number of piperazine rings is 1. The molecule has 4 rings (SSSR count). The third-order valence-electron chi connectivity index (χ3n) is 6.85. The first-order chi connectivity index (χ1) is 17.8. The quantitative estimate of drug-likeness (QED) is 0.484. The lowest BCUT2D eigenvalue weighted by Crippen LogP contribution is -2.51. The molecule has 2 heterocycles. The molecule has 2 aromatic rings. The molecule has 4 atom stereocenters. The molecule has 5 nitrogen and oxygen atoms in total. The fourth-order valence-electron chi connectivity index (χ4n) is 4.96. The zero-order valence-electron chi connectivity index (χ0n) is 20.4. The van der Waals surface area contributed by atoms with E-state index in [9.17, 15) is 35.5 Å². The molecule has 2 aliphatic rings. The number of alkyl halides is 6. The lowest BCUT2D eigenvalue weighted by Gasteiger charge is -2.42. The summed E-state index contributed by atoms with van der Waals surface area (Å²) in [5, 5.41) is 2.75. The summed E-state index contributed by atoms with van der Waals surface area (Å²) in [5.41, 5.74) is -2.52. The van der Waals surface area contributed by atoms with Crippen LogP contribution >= 0.6 is 0 Å². The molecule has 2 fully saturated rings. The van der Waals surface area contributed by atoms with E-state index in [2.05, 4.69) is 5.32 Å². The fraction of sp³-hybridized carbons (Fsp3) is 0.500. The van der Waals surface area contributed by atoms with E-state index in [1.807, 2.05) is 4.90 Å².